The lowest BCUT2D eigenvalue weighted by Crippen LogP contribution is -3.00. The SMILES string of the molecule is C=CCNc1[nH+]c(-c2ccc(O)c(C(N)=O)c2)cs1.[Cl-]. The van der Waals surface area contributed by atoms with Crippen molar-refractivity contribution in [1.29, 1.82) is 0 Å². The average Bonchev–Trinajstić information content (AvgIpc) is 2.85. The van der Waals surface area contributed by atoms with Crippen LogP contribution in [-0.4, -0.2) is 17.6 Å². The number of aromatic hydroxyl groups is 1. The van der Waals surface area contributed by atoms with Gasteiger partial charge in [-0.25, -0.2) is 4.98 Å². The van der Waals surface area contributed by atoms with Gasteiger partial charge in [-0.3, -0.25) is 10.1 Å². The molecular formula is C13H14ClN3O2S. The second kappa shape index (κ2) is 6.93. The number of phenols is 1. The highest BCUT2D eigenvalue weighted by Crippen LogP contribution is 2.25. The Labute approximate surface area is 126 Å². The van der Waals surface area contributed by atoms with Gasteiger partial charge in [-0.15, -0.1) is 0 Å². The number of halogens is 1. The monoisotopic (exact) mass is 311 g/mol. The van der Waals surface area contributed by atoms with E-state index in [1.54, 1.807) is 18.2 Å². The van der Waals surface area contributed by atoms with Gasteiger partial charge in [-0.2, -0.15) is 0 Å². The number of aromatic nitrogens is 1. The van der Waals surface area contributed by atoms with Crippen molar-refractivity contribution in [2.45, 2.75) is 0 Å². The normalized spacial score (nSPS) is 9.60. The Bertz CT molecular complexity index is 628. The molecule has 1 aromatic carbocycles. The molecule has 5 N–H and O–H groups in total. The molecule has 20 heavy (non-hydrogen) atoms. The predicted octanol–water partition coefficient (Wildman–Crippen LogP) is -1.36. The number of rotatable bonds is 5. The van der Waals surface area contributed by atoms with E-state index in [-0.39, 0.29) is 23.7 Å². The van der Waals surface area contributed by atoms with E-state index < -0.39 is 5.91 Å². The van der Waals surface area contributed by atoms with E-state index in [1.807, 2.05) is 5.38 Å². The first-order valence-electron chi connectivity index (χ1n) is 5.60. The fourth-order valence-electron chi connectivity index (χ4n) is 1.59. The summed E-state index contributed by atoms with van der Waals surface area (Å²) in [5, 5.41) is 15.5. The standard InChI is InChI=1S/C13H13N3O2S.ClH/c1-2-5-15-13-16-10(7-19-13)8-3-4-11(17)9(6-8)12(14)18;/h2-4,6-7,17H,1,5H2,(H2,14,18)(H,15,16);1H. The third-order valence-corrected chi connectivity index (χ3v) is 3.36. The summed E-state index contributed by atoms with van der Waals surface area (Å²) in [5.74, 6) is -0.768. The molecule has 5 nitrogen and oxygen atoms in total. The third-order valence-electron chi connectivity index (χ3n) is 2.52. The van der Waals surface area contributed by atoms with Crippen LogP contribution in [-0.2, 0) is 0 Å². The first-order valence-corrected chi connectivity index (χ1v) is 6.48. The molecule has 0 unspecified atom stereocenters. The quantitative estimate of drug-likeness (QED) is 0.596. The number of hydrogen-bond acceptors (Lipinski definition) is 4. The highest BCUT2D eigenvalue weighted by molar-refractivity contribution is 7.13. The summed E-state index contributed by atoms with van der Waals surface area (Å²) in [6, 6.07) is 4.74. The van der Waals surface area contributed by atoms with Crippen molar-refractivity contribution in [2.24, 2.45) is 5.73 Å². The number of benzene rings is 1. The summed E-state index contributed by atoms with van der Waals surface area (Å²) < 4.78 is 0. The van der Waals surface area contributed by atoms with E-state index >= 15 is 0 Å². The maximum atomic E-state index is 11.2. The summed E-state index contributed by atoms with van der Waals surface area (Å²) in [6.07, 6.45) is 1.76. The van der Waals surface area contributed by atoms with Crippen LogP contribution in [0.15, 0.2) is 36.2 Å². The minimum absolute atomic E-state index is 0. The molecular weight excluding hydrogens is 298 g/mol. The van der Waals surface area contributed by atoms with Crippen LogP contribution in [0, 0.1) is 0 Å². The first kappa shape index (κ1) is 16.0. The summed E-state index contributed by atoms with van der Waals surface area (Å²) in [5.41, 5.74) is 6.94. The molecule has 2 rings (SSSR count). The lowest BCUT2D eigenvalue weighted by molar-refractivity contribution is -0.341. The Balaban J connectivity index is 0.00000200. The highest BCUT2D eigenvalue weighted by Gasteiger charge is 2.13. The molecule has 0 atom stereocenters. The third kappa shape index (κ3) is 3.49. The first-order chi connectivity index (χ1) is 9.11. The molecule has 7 heteroatoms. The van der Waals surface area contributed by atoms with Crippen LogP contribution in [0.25, 0.3) is 11.3 Å². The molecule has 0 fully saturated rings. The topological polar surface area (TPSA) is 89.5 Å². The molecule has 0 aliphatic heterocycles. The average molecular weight is 312 g/mol. The zero-order valence-electron chi connectivity index (χ0n) is 10.5. The van der Waals surface area contributed by atoms with E-state index in [9.17, 15) is 9.90 Å². The lowest BCUT2D eigenvalue weighted by atomic mass is 10.1. The van der Waals surface area contributed by atoms with Gasteiger partial charge in [0.2, 0.25) is 0 Å². The summed E-state index contributed by atoms with van der Waals surface area (Å²) in [7, 11) is 0. The van der Waals surface area contributed by atoms with E-state index in [0.29, 0.717) is 6.54 Å². The van der Waals surface area contributed by atoms with Crippen LogP contribution in [0.5, 0.6) is 5.75 Å². The van der Waals surface area contributed by atoms with E-state index in [0.717, 1.165) is 16.4 Å². The molecule has 0 aliphatic rings. The molecule has 1 amide bonds. The van der Waals surface area contributed by atoms with Crippen molar-refractivity contribution < 1.29 is 27.3 Å². The Hall–Kier alpha value is -2.05. The number of nitrogens with one attached hydrogen (secondary N) is 2. The zero-order chi connectivity index (χ0) is 13.8. The maximum Gasteiger partial charge on any atom is 0.332 e. The number of hydrogen-bond donors (Lipinski definition) is 3. The number of H-pyrrole nitrogens is 1. The van der Waals surface area contributed by atoms with E-state index in [2.05, 4.69) is 16.9 Å². The summed E-state index contributed by atoms with van der Waals surface area (Å²) in [6.45, 7) is 4.30. The van der Waals surface area contributed by atoms with Crippen LogP contribution in [0.3, 0.4) is 0 Å². The fraction of sp³-hybridized carbons (Fsp3) is 0.0769. The molecule has 0 saturated carbocycles. The number of thiazole rings is 1. The predicted molar refractivity (Wildman–Crippen MR) is 75.2 cm³/mol. The number of amides is 1. The number of anilines is 1. The van der Waals surface area contributed by atoms with Gasteiger partial charge in [-0.05, 0) is 18.2 Å². The highest BCUT2D eigenvalue weighted by atomic mass is 35.5. The van der Waals surface area contributed by atoms with Gasteiger partial charge in [-0.1, -0.05) is 24.0 Å². The van der Waals surface area contributed by atoms with Crippen molar-refractivity contribution in [2.75, 3.05) is 11.9 Å². The van der Waals surface area contributed by atoms with Crippen molar-refractivity contribution in [1.82, 2.24) is 0 Å². The van der Waals surface area contributed by atoms with Crippen molar-refractivity contribution in [3.05, 3.63) is 41.8 Å². The molecule has 0 spiro atoms. The number of carbonyl (C=O) groups excluding carboxylic acids is 1. The molecule has 0 aliphatic carbocycles. The van der Waals surface area contributed by atoms with Gasteiger partial charge in [0.25, 0.3) is 5.91 Å². The Morgan fingerprint density at radius 3 is 2.95 bits per heavy atom. The van der Waals surface area contributed by atoms with Crippen LogP contribution < -0.4 is 28.4 Å². The smallest absolute Gasteiger partial charge is 0.332 e. The summed E-state index contributed by atoms with van der Waals surface area (Å²) >= 11 is 1.51. The van der Waals surface area contributed by atoms with Crippen molar-refractivity contribution >= 4 is 22.4 Å². The lowest BCUT2D eigenvalue weighted by Gasteiger charge is -2.01. The fourth-order valence-corrected chi connectivity index (χ4v) is 2.36. The van der Waals surface area contributed by atoms with Gasteiger partial charge in [0, 0.05) is 10.9 Å². The molecule has 0 radical (unpaired) electrons. The van der Waals surface area contributed by atoms with Gasteiger partial charge < -0.3 is 23.2 Å². The van der Waals surface area contributed by atoms with Gasteiger partial charge in [0.05, 0.1) is 5.56 Å². The molecule has 106 valence electrons. The van der Waals surface area contributed by atoms with Crippen molar-refractivity contribution in [3.63, 3.8) is 0 Å². The molecule has 2 aromatic rings. The van der Waals surface area contributed by atoms with E-state index in [1.165, 1.54) is 17.4 Å². The van der Waals surface area contributed by atoms with Gasteiger partial charge in [0.15, 0.2) is 0 Å². The van der Waals surface area contributed by atoms with Crippen LogP contribution in [0.1, 0.15) is 10.4 Å². The molecule has 1 heterocycles. The van der Waals surface area contributed by atoms with Gasteiger partial charge in [0.1, 0.15) is 18.0 Å². The Morgan fingerprint density at radius 2 is 2.30 bits per heavy atom. The minimum Gasteiger partial charge on any atom is -1.00 e. The van der Waals surface area contributed by atoms with Crippen LogP contribution in [0.2, 0.25) is 0 Å². The number of primary amides is 1. The maximum absolute atomic E-state index is 11.2. The molecule has 0 bridgehead atoms. The number of carbonyl (C=O) groups is 1. The minimum atomic E-state index is -0.653. The molecule has 0 saturated heterocycles. The number of nitrogens with two attached hydrogens (primary N) is 1. The summed E-state index contributed by atoms with van der Waals surface area (Å²) in [4.78, 5) is 14.4. The van der Waals surface area contributed by atoms with Crippen LogP contribution >= 0.6 is 11.3 Å². The van der Waals surface area contributed by atoms with E-state index in [4.69, 9.17) is 5.73 Å². The zero-order valence-corrected chi connectivity index (χ0v) is 12.1. The molecule has 1 aromatic heterocycles. The Kier molecular flexibility index (Phi) is 5.54. The second-order valence-corrected chi connectivity index (χ2v) is 4.75. The Morgan fingerprint density at radius 1 is 1.55 bits per heavy atom. The van der Waals surface area contributed by atoms with Crippen molar-refractivity contribution in [3.8, 4) is 17.0 Å². The van der Waals surface area contributed by atoms with Gasteiger partial charge >= 0.3 is 5.13 Å². The number of aromatic amines is 1. The van der Waals surface area contributed by atoms with Crippen LogP contribution in [0.4, 0.5) is 5.13 Å². The second-order valence-electron chi connectivity index (χ2n) is 3.87. The largest absolute Gasteiger partial charge is 1.00 e.